The van der Waals surface area contributed by atoms with Gasteiger partial charge in [0.1, 0.15) is 0 Å². The van der Waals surface area contributed by atoms with Gasteiger partial charge in [0.05, 0.1) is 5.56 Å². The molecule has 3 aromatic rings. The van der Waals surface area contributed by atoms with Crippen LogP contribution in [0.5, 0.6) is 0 Å². The van der Waals surface area contributed by atoms with Crippen molar-refractivity contribution in [2.24, 2.45) is 5.73 Å². The van der Waals surface area contributed by atoms with Crippen molar-refractivity contribution in [3.63, 3.8) is 0 Å². The van der Waals surface area contributed by atoms with Crippen LogP contribution in [0.4, 0.5) is 0 Å². The number of primary amides is 1. The van der Waals surface area contributed by atoms with E-state index in [0.717, 1.165) is 17.0 Å². The number of nitrogens with zero attached hydrogens (tertiary/aromatic N) is 1. The second kappa shape index (κ2) is 7.40. The minimum absolute atomic E-state index is 0.135. The third kappa shape index (κ3) is 3.82. The number of carbonyl (C=O) groups is 1. The van der Waals surface area contributed by atoms with Crippen LogP contribution in [-0.2, 0) is 17.4 Å². The normalized spacial score (nSPS) is 16.7. The van der Waals surface area contributed by atoms with Crippen LogP contribution in [0.2, 0.25) is 0 Å². The molecule has 0 radical (unpaired) electrons. The Morgan fingerprint density at radius 1 is 0.935 bits per heavy atom. The van der Waals surface area contributed by atoms with Crippen molar-refractivity contribution in [2.45, 2.75) is 71.8 Å². The van der Waals surface area contributed by atoms with Gasteiger partial charge in [0.15, 0.2) is 0 Å². The molecule has 162 valence electrons. The van der Waals surface area contributed by atoms with Crippen LogP contribution in [0.1, 0.15) is 78.8 Å². The molecule has 2 aromatic carbocycles. The van der Waals surface area contributed by atoms with Crippen molar-refractivity contribution in [2.75, 3.05) is 0 Å². The number of amides is 1. The molecule has 1 heterocycles. The summed E-state index contributed by atoms with van der Waals surface area (Å²) in [6.45, 7) is 14.2. The standard InChI is InChI=1S/C28H34N2O/c1-18-8-7-9-20(14-18)17-30-19(2)22(26(29)31)16-25(30)21-10-11-23-24(15-21)28(5,6)13-12-27(23,3)4/h7-11,14-16H,12-13,17H2,1-6H3,(H2,29,31). The van der Waals surface area contributed by atoms with Crippen LogP contribution in [0.3, 0.4) is 0 Å². The first kappa shape index (κ1) is 21.4. The molecule has 1 aliphatic rings. The maximum absolute atomic E-state index is 12.2. The molecule has 0 atom stereocenters. The van der Waals surface area contributed by atoms with Crippen molar-refractivity contribution in [3.8, 4) is 11.3 Å². The molecule has 3 heteroatoms. The van der Waals surface area contributed by atoms with E-state index in [4.69, 9.17) is 5.73 Å². The lowest BCUT2D eigenvalue weighted by Gasteiger charge is -2.42. The molecule has 0 saturated heterocycles. The number of hydrogen-bond donors (Lipinski definition) is 1. The highest BCUT2D eigenvalue weighted by molar-refractivity contribution is 5.95. The Morgan fingerprint density at radius 3 is 2.26 bits per heavy atom. The zero-order chi connectivity index (χ0) is 22.6. The fourth-order valence-electron chi connectivity index (χ4n) is 5.08. The SMILES string of the molecule is Cc1cccc(Cn2c(-c3ccc4c(c3)C(C)(C)CCC4(C)C)cc(C(N)=O)c2C)c1. The van der Waals surface area contributed by atoms with E-state index in [1.54, 1.807) is 0 Å². The maximum atomic E-state index is 12.2. The minimum atomic E-state index is -0.374. The first-order valence-corrected chi connectivity index (χ1v) is 11.2. The predicted octanol–water partition coefficient (Wildman–Crippen LogP) is 6.27. The topological polar surface area (TPSA) is 48.0 Å². The summed E-state index contributed by atoms with van der Waals surface area (Å²) in [5.41, 5.74) is 15.1. The third-order valence-electron chi connectivity index (χ3n) is 7.20. The molecule has 0 aliphatic heterocycles. The molecular formula is C28H34N2O. The summed E-state index contributed by atoms with van der Waals surface area (Å²) in [4.78, 5) is 12.2. The quantitative estimate of drug-likeness (QED) is 0.537. The summed E-state index contributed by atoms with van der Waals surface area (Å²) in [6, 6.07) is 17.4. The van der Waals surface area contributed by atoms with Gasteiger partial charge < -0.3 is 10.3 Å². The van der Waals surface area contributed by atoms with Gasteiger partial charge in [-0.1, -0.05) is 69.7 Å². The van der Waals surface area contributed by atoms with Crippen molar-refractivity contribution in [3.05, 3.63) is 82.0 Å². The monoisotopic (exact) mass is 414 g/mol. The molecule has 31 heavy (non-hydrogen) atoms. The van der Waals surface area contributed by atoms with Crippen molar-refractivity contribution in [1.82, 2.24) is 4.57 Å². The fourth-order valence-corrected chi connectivity index (χ4v) is 5.08. The minimum Gasteiger partial charge on any atom is -0.366 e. The van der Waals surface area contributed by atoms with Crippen LogP contribution in [0.15, 0.2) is 48.5 Å². The number of carbonyl (C=O) groups excluding carboxylic acids is 1. The summed E-state index contributed by atoms with van der Waals surface area (Å²) in [5, 5.41) is 0. The molecule has 4 rings (SSSR count). The predicted molar refractivity (Wildman–Crippen MR) is 129 cm³/mol. The average Bonchev–Trinajstić information content (AvgIpc) is 3.02. The van der Waals surface area contributed by atoms with E-state index >= 15 is 0 Å². The lowest BCUT2D eigenvalue weighted by atomic mass is 9.63. The zero-order valence-electron chi connectivity index (χ0n) is 19.7. The highest BCUT2D eigenvalue weighted by Gasteiger charge is 2.37. The van der Waals surface area contributed by atoms with Gasteiger partial charge in [0, 0.05) is 17.9 Å². The summed E-state index contributed by atoms with van der Waals surface area (Å²) in [6.07, 6.45) is 2.37. The Kier molecular flexibility index (Phi) is 5.12. The third-order valence-corrected chi connectivity index (χ3v) is 7.20. The van der Waals surface area contributed by atoms with Gasteiger partial charge in [-0.3, -0.25) is 4.79 Å². The number of aromatic nitrogens is 1. The zero-order valence-corrected chi connectivity index (χ0v) is 19.7. The number of rotatable bonds is 4. The lowest BCUT2D eigenvalue weighted by molar-refractivity contribution is 0.0999. The van der Waals surface area contributed by atoms with Gasteiger partial charge in [-0.2, -0.15) is 0 Å². The van der Waals surface area contributed by atoms with Crippen LogP contribution >= 0.6 is 0 Å². The van der Waals surface area contributed by atoms with Gasteiger partial charge in [-0.25, -0.2) is 0 Å². The molecule has 1 aromatic heterocycles. The highest BCUT2D eigenvalue weighted by Crippen LogP contribution is 2.47. The smallest absolute Gasteiger partial charge is 0.250 e. The number of fused-ring (bicyclic) bond motifs is 1. The van der Waals surface area contributed by atoms with E-state index in [9.17, 15) is 4.79 Å². The van der Waals surface area contributed by atoms with Gasteiger partial charge in [0.2, 0.25) is 0 Å². The van der Waals surface area contributed by atoms with Gasteiger partial charge in [0.25, 0.3) is 5.91 Å². The Balaban J connectivity index is 1.88. The van der Waals surface area contributed by atoms with E-state index < -0.39 is 0 Å². The maximum Gasteiger partial charge on any atom is 0.250 e. The van der Waals surface area contributed by atoms with E-state index in [0.29, 0.717) is 12.1 Å². The van der Waals surface area contributed by atoms with Crippen LogP contribution < -0.4 is 5.73 Å². The number of hydrogen-bond acceptors (Lipinski definition) is 1. The van der Waals surface area contributed by atoms with E-state index in [1.165, 1.54) is 35.1 Å². The average molecular weight is 415 g/mol. The molecule has 0 spiro atoms. The molecule has 0 fully saturated rings. The Morgan fingerprint density at radius 2 is 1.61 bits per heavy atom. The van der Waals surface area contributed by atoms with E-state index in [2.05, 4.69) is 81.7 Å². The molecule has 3 nitrogen and oxygen atoms in total. The molecular weight excluding hydrogens is 380 g/mol. The Hall–Kier alpha value is -2.81. The fraction of sp³-hybridized carbons (Fsp3) is 0.393. The van der Waals surface area contributed by atoms with Crippen molar-refractivity contribution < 1.29 is 4.79 Å². The van der Waals surface area contributed by atoms with Gasteiger partial charge in [-0.05, 0) is 71.9 Å². The van der Waals surface area contributed by atoms with Crippen molar-refractivity contribution in [1.29, 1.82) is 0 Å². The summed E-state index contributed by atoms with van der Waals surface area (Å²) >= 11 is 0. The molecule has 0 saturated carbocycles. The summed E-state index contributed by atoms with van der Waals surface area (Å²) < 4.78 is 2.23. The molecule has 0 unspecified atom stereocenters. The largest absolute Gasteiger partial charge is 0.366 e. The number of benzene rings is 2. The Bertz CT molecular complexity index is 1160. The highest BCUT2D eigenvalue weighted by atomic mass is 16.1. The molecule has 1 aliphatic carbocycles. The number of nitrogens with two attached hydrogens (primary N) is 1. The molecule has 0 bridgehead atoms. The van der Waals surface area contributed by atoms with Crippen molar-refractivity contribution >= 4 is 5.91 Å². The first-order chi connectivity index (χ1) is 14.5. The van der Waals surface area contributed by atoms with Crippen LogP contribution in [0.25, 0.3) is 11.3 Å². The molecule has 2 N–H and O–H groups in total. The molecule has 1 amide bonds. The van der Waals surface area contributed by atoms with E-state index in [1.807, 2.05) is 13.0 Å². The van der Waals surface area contributed by atoms with Gasteiger partial charge >= 0.3 is 0 Å². The van der Waals surface area contributed by atoms with Gasteiger partial charge in [-0.15, -0.1) is 0 Å². The summed E-state index contributed by atoms with van der Waals surface area (Å²) in [5.74, 6) is -0.374. The second-order valence-corrected chi connectivity index (χ2v) is 10.5. The van der Waals surface area contributed by atoms with E-state index in [-0.39, 0.29) is 16.7 Å². The number of aryl methyl sites for hydroxylation is 1. The summed E-state index contributed by atoms with van der Waals surface area (Å²) in [7, 11) is 0. The first-order valence-electron chi connectivity index (χ1n) is 11.2. The van der Waals surface area contributed by atoms with Crippen LogP contribution in [-0.4, -0.2) is 10.5 Å². The Labute approximate surface area is 186 Å². The lowest BCUT2D eigenvalue weighted by Crippen LogP contribution is -2.33. The van der Waals surface area contributed by atoms with Crippen LogP contribution in [0, 0.1) is 13.8 Å². The second-order valence-electron chi connectivity index (χ2n) is 10.5.